The molecule has 1 heterocycles. The van der Waals surface area contributed by atoms with Crippen LogP contribution in [0.5, 0.6) is 0 Å². The average Bonchev–Trinajstić information content (AvgIpc) is 3.13. The first-order valence-corrected chi connectivity index (χ1v) is 15.5. The molecule has 4 saturated carbocycles. The van der Waals surface area contributed by atoms with Gasteiger partial charge in [-0.15, -0.1) is 0 Å². The van der Waals surface area contributed by atoms with Crippen LogP contribution in [-0.4, -0.2) is 47.2 Å². The number of aliphatic imine (C=N–C) groups is 1. The highest BCUT2D eigenvalue weighted by molar-refractivity contribution is 6.20. The Morgan fingerprint density at radius 2 is 1.59 bits per heavy atom. The van der Waals surface area contributed by atoms with E-state index in [2.05, 4.69) is 16.0 Å². The highest BCUT2D eigenvalue weighted by atomic mass is 19.1. The second-order valence-corrected chi connectivity index (χ2v) is 12.8. The van der Waals surface area contributed by atoms with E-state index in [9.17, 15) is 14.4 Å². The summed E-state index contributed by atoms with van der Waals surface area (Å²) < 4.78 is 15.2. The van der Waals surface area contributed by atoms with Gasteiger partial charge in [-0.25, -0.2) is 14.2 Å². The molecular weight excluding hydrogens is 557 g/mol. The van der Waals surface area contributed by atoms with Crippen LogP contribution in [0.4, 0.5) is 20.6 Å². The zero-order chi connectivity index (χ0) is 30.4. The summed E-state index contributed by atoms with van der Waals surface area (Å²) in [6.45, 7) is 1.52. The van der Waals surface area contributed by atoms with Crippen LogP contribution in [0.1, 0.15) is 48.8 Å². The van der Waals surface area contributed by atoms with Crippen molar-refractivity contribution in [3.8, 4) is 0 Å². The number of hydrogen-bond donors (Lipinski definition) is 3. The van der Waals surface area contributed by atoms with E-state index < -0.39 is 23.9 Å². The molecule has 4 amide bonds. The number of carbonyl (C=O) groups excluding carboxylic acids is 3. The van der Waals surface area contributed by atoms with Gasteiger partial charge in [0.25, 0.3) is 5.91 Å². The van der Waals surface area contributed by atoms with Crippen LogP contribution in [0.25, 0.3) is 0 Å². The molecule has 1 aliphatic heterocycles. The van der Waals surface area contributed by atoms with Crippen LogP contribution in [0.15, 0.2) is 77.8 Å². The summed E-state index contributed by atoms with van der Waals surface area (Å²) in [6.07, 6.45) is 4.40. The lowest BCUT2D eigenvalue weighted by Gasteiger charge is -2.54. The Kier molecular flexibility index (Phi) is 7.40. The standard InChI is InChI=1S/C35H36FN5O3/c1-20-7-6-8-25(13-20)37-35(44)41(19-30(42)39-31-23-15-21-14-22(17-23)18-24(31)16-21)33-34(43)38-29-12-5-3-10-27(29)32(40-33)26-9-2-4-11-28(26)36/h2-13,21-24,31,33H,14-19H2,1H3,(H,37,44)(H,38,43)(H,39,42). The second kappa shape index (κ2) is 11.5. The lowest BCUT2D eigenvalue weighted by Crippen LogP contribution is -2.58. The Labute approximate surface area is 256 Å². The second-order valence-electron chi connectivity index (χ2n) is 12.8. The number of para-hydroxylation sites is 1. The minimum absolute atomic E-state index is 0.0710. The fraction of sp³-hybridized carbons (Fsp3) is 0.371. The number of rotatable bonds is 6. The van der Waals surface area contributed by atoms with Crippen molar-refractivity contribution in [1.29, 1.82) is 0 Å². The minimum Gasteiger partial charge on any atom is -0.351 e. The maximum absolute atomic E-state index is 15.2. The zero-order valence-corrected chi connectivity index (χ0v) is 24.6. The van der Waals surface area contributed by atoms with Crippen molar-refractivity contribution in [3.63, 3.8) is 0 Å². The van der Waals surface area contributed by atoms with Crippen LogP contribution in [0, 0.1) is 36.4 Å². The van der Waals surface area contributed by atoms with Gasteiger partial charge < -0.3 is 16.0 Å². The molecule has 0 radical (unpaired) electrons. The minimum atomic E-state index is -1.44. The largest absolute Gasteiger partial charge is 0.351 e. The predicted molar refractivity (Wildman–Crippen MR) is 167 cm³/mol. The number of hydrogen-bond acceptors (Lipinski definition) is 4. The SMILES string of the molecule is Cc1cccc(NC(=O)N(CC(=O)NC2C3CC4CC(C3)CC2C4)C2N=C(c3ccccc3F)c3ccccc3NC2=O)c1. The first kappa shape index (κ1) is 28.3. The molecule has 5 aliphatic rings. The smallest absolute Gasteiger partial charge is 0.324 e. The quantitative estimate of drug-likeness (QED) is 0.340. The third-order valence-electron chi connectivity index (χ3n) is 9.75. The van der Waals surface area contributed by atoms with E-state index in [4.69, 9.17) is 4.99 Å². The number of aryl methyl sites for hydroxylation is 1. The molecule has 8 rings (SSSR count). The van der Waals surface area contributed by atoms with Crippen LogP contribution in [0.3, 0.4) is 0 Å². The normalized spacial score (nSPS) is 26.6. The van der Waals surface area contributed by atoms with Gasteiger partial charge in [0.15, 0.2) is 0 Å². The maximum atomic E-state index is 15.2. The van der Waals surface area contributed by atoms with E-state index in [1.165, 1.54) is 12.5 Å². The first-order chi connectivity index (χ1) is 21.3. The molecule has 3 N–H and O–H groups in total. The fourth-order valence-corrected chi connectivity index (χ4v) is 8.06. The molecule has 0 spiro atoms. The Balaban J connectivity index is 1.23. The number of halogens is 1. The summed E-state index contributed by atoms with van der Waals surface area (Å²) in [4.78, 5) is 47.4. The molecular formula is C35H36FN5O3. The third kappa shape index (κ3) is 5.47. The van der Waals surface area contributed by atoms with Gasteiger partial charge in [-0.3, -0.25) is 14.5 Å². The molecule has 4 fully saturated rings. The van der Waals surface area contributed by atoms with Gasteiger partial charge in [0.1, 0.15) is 12.4 Å². The van der Waals surface area contributed by atoms with Gasteiger partial charge in [-0.05, 0) is 98.6 Å². The number of nitrogens with one attached hydrogen (secondary N) is 3. The Morgan fingerprint density at radius 3 is 2.30 bits per heavy atom. The number of fused-ring (bicyclic) bond motifs is 1. The number of nitrogens with zero attached hydrogens (tertiary/aromatic N) is 2. The molecule has 3 aromatic carbocycles. The van der Waals surface area contributed by atoms with E-state index in [1.54, 1.807) is 48.5 Å². The van der Waals surface area contributed by atoms with Crippen molar-refractivity contribution < 1.29 is 18.8 Å². The lowest BCUT2D eigenvalue weighted by molar-refractivity contribution is -0.127. The van der Waals surface area contributed by atoms with Crippen LogP contribution in [-0.2, 0) is 9.59 Å². The summed E-state index contributed by atoms with van der Waals surface area (Å²) in [5.41, 5.74) is 2.84. The highest BCUT2D eigenvalue weighted by Crippen LogP contribution is 2.53. The van der Waals surface area contributed by atoms with E-state index in [1.807, 2.05) is 25.1 Å². The molecule has 1 atom stereocenters. The molecule has 0 saturated heterocycles. The van der Waals surface area contributed by atoms with E-state index >= 15 is 4.39 Å². The number of urea groups is 1. The monoisotopic (exact) mass is 593 g/mol. The van der Waals surface area contributed by atoms with Crippen molar-refractivity contribution in [3.05, 3.63) is 95.3 Å². The van der Waals surface area contributed by atoms with Gasteiger partial charge in [0.05, 0.1) is 11.4 Å². The lowest BCUT2D eigenvalue weighted by atomic mass is 9.54. The molecule has 8 nitrogen and oxygen atoms in total. The van der Waals surface area contributed by atoms with Crippen LogP contribution >= 0.6 is 0 Å². The fourth-order valence-electron chi connectivity index (χ4n) is 8.06. The number of amides is 4. The highest BCUT2D eigenvalue weighted by Gasteiger charge is 2.49. The van der Waals surface area contributed by atoms with Gasteiger partial charge in [0, 0.05) is 22.9 Å². The Morgan fingerprint density at radius 1 is 0.909 bits per heavy atom. The summed E-state index contributed by atoms with van der Waals surface area (Å²) >= 11 is 0. The van der Waals surface area contributed by atoms with Crippen molar-refractivity contribution in [2.24, 2.45) is 28.7 Å². The summed E-state index contributed by atoms with van der Waals surface area (Å²) in [6, 6.07) is 19.9. The van der Waals surface area contributed by atoms with Crippen molar-refractivity contribution >= 4 is 34.9 Å². The van der Waals surface area contributed by atoms with E-state index in [-0.39, 0.29) is 29.8 Å². The van der Waals surface area contributed by atoms with Gasteiger partial charge >= 0.3 is 6.03 Å². The molecule has 4 bridgehead atoms. The average molecular weight is 594 g/mol. The Bertz CT molecular complexity index is 1630. The van der Waals surface area contributed by atoms with E-state index in [0.717, 1.165) is 48.0 Å². The third-order valence-corrected chi connectivity index (χ3v) is 9.75. The van der Waals surface area contributed by atoms with E-state index in [0.29, 0.717) is 28.8 Å². The molecule has 4 aliphatic carbocycles. The summed E-state index contributed by atoms with van der Waals surface area (Å²) in [5, 5.41) is 8.98. The maximum Gasteiger partial charge on any atom is 0.324 e. The van der Waals surface area contributed by atoms with Crippen molar-refractivity contribution in [2.45, 2.75) is 51.2 Å². The molecule has 0 aromatic heterocycles. The van der Waals surface area contributed by atoms with Crippen molar-refractivity contribution in [1.82, 2.24) is 10.2 Å². The van der Waals surface area contributed by atoms with Crippen LogP contribution in [0.2, 0.25) is 0 Å². The van der Waals surface area contributed by atoms with Crippen molar-refractivity contribution in [2.75, 3.05) is 17.2 Å². The molecule has 9 heteroatoms. The number of benzodiazepines with no additional fused rings is 1. The van der Waals surface area contributed by atoms with Gasteiger partial charge in [0.2, 0.25) is 12.1 Å². The molecule has 3 aromatic rings. The zero-order valence-electron chi connectivity index (χ0n) is 24.6. The number of carbonyl (C=O) groups is 3. The number of benzene rings is 3. The van der Waals surface area contributed by atoms with Crippen LogP contribution < -0.4 is 16.0 Å². The summed E-state index contributed by atoms with van der Waals surface area (Å²) in [5.74, 6) is 0.973. The molecule has 44 heavy (non-hydrogen) atoms. The molecule has 226 valence electrons. The molecule has 1 unspecified atom stereocenters. The predicted octanol–water partition coefficient (Wildman–Crippen LogP) is 5.72. The summed E-state index contributed by atoms with van der Waals surface area (Å²) in [7, 11) is 0. The Hall–Kier alpha value is -4.53. The number of anilines is 2. The first-order valence-electron chi connectivity index (χ1n) is 15.5. The van der Waals surface area contributed by atoms with Gasteiger partial charge in [-0.2, -0.15) is 0 Å². The topological polar surface area (TPSA) is 103 Å². The van der Waals surface area contributed by atoms with Gasteiger partial charge in [-0.1, -0.05) is 42.5 Å².